The molecule has 1 heterocycles. The van der Waals surface area contributed by atoms with Gasteiger partial charge in [-0.15, -0.1) is 0 Å². The second kappa shape index (κ2) is 8.83. The summed E-state index contributed by atoms with van der Waals surface area (Å²) >= 11 is 5.94. The number of rotatable bonds is 5. The summed E-state index contributed by atoms with van der Waals surface area (Å²) < 4.78 is 27.1. The summed E-state index contributed by atoms with van der Waals surface area (Å²) in [5.41, 5.74) is 2.96. The smallest absolute Gasteiger partial charge is 0.243 e. The van der Waals surface area contributed by atoms with E-state index in [2.05, 4.69) is 5.32 Å². The maximum atomic E-state index is 12.8. The molecule has 1 aliphatic rings. The summed E-state index contributed by atoms with van der Waals surface area (Å²) in [6.45, 7) is 7.46. The zero-order chi connectivity index (χ0) is 21.2. The van der Waals surface area contributed by atoms with Crippen molar-refractivity contribution in [1.29, 1.82) is 0 Å². The summed E-state index contributed by atoms with van der Waals surface area (Å²) in [7, 11) is -3.59. The Labute approximate surface area is 177 Å². The van der Waals surface area contributed by atoms with Gasteiger partial charge in [0.15, 0.2) is 0 Å². The molecule has 6 nitrogen and oxygen atoms in total. The van der Waals surface area contributed by atoms with Gasteiger partial charge in [0.1, 0.15) is 0 Å². The first-order chi connectivity index (χ1) is 13.7. The van der Waals surface area contributed by atoms with Crippen LogP contribution in [-0.2, 0) is 14.8 Å². The minimum atomic E-state index is -3.59. The average Bonchev–Trinajstić information content (AvgIpc) is 2.69. The molecule has 1 atom stereocenters. The van der Waals surface area contributed by atoms with Gasteiger partial charge < -0.3 is 5.32 Å². The van der Waals surface area contributed by atoms with Crippen LogP contribution < -0.4 is 5.32 Å². The first kappa shape index (κ1) is 21.8. The molecule has 0 aromatic heterocycles. The number of piperazine rings is 1. The van der Waals surface area contributed by atoms with Gasteiger partial charge in [-0.1, -0.05) is 35.4 Å². The fourth-order valence-electron chi connectivity index (χ4n) is 3.46. The molecule has 0 aliphatic carbocycles. The molecule has 8 heteroatoms. The van der Waals surface area contributed by atoms with Crippen LogP contribution in [0.4, 0.5) is 5.69 Å². The average molecular weight is 436 g/mol. The summed E-state index contributed by atoms with van der Waals surface area (Å²) in [6, 6.07) is 11.8. The molecule has 1 fully saturated rings. The molecule has 1 saturated heterocycles. The molecular weight excluding hydrogens is 410 g/mol. The number of amides is 1. The van der Waals surface area contributed by atoms with Gasteiger partial charge >= 0.3 is 0 Å². The zero-order valence-electron chi connectivity index (χ0n) is 16.9. The van der Waals surface area contributed by atoms with Crippen molar-refractivity contribution in [3.05, 3.63) is 58.6 Å². The monoisotopic (exact) mass is 435 g/mol. The summed E-state index contributed by atoms with van der Waals surface area (Å²) in [4.78, 5) is 14.9. The number of hydrogen-bond donors (Lipinski definition) is 1. The number of nitrogens with zero attached hydrogens (tertiary/aromatic N) is 2. The molecule has 0 radical (unpaired) electrons. The lowest BCUT2D eigenvalue weighted by Crippen LogP contribution is -2.53. The van der Waals surface area contributed by atoms with E-state index >= 15 is 0 Å². The highest BCUT2D eigenvalue weighted by Gasteiger charge is 2.32. The third-order valence-electron chi connectivity index (χ3n) is 5.27. The highest BCUT2D eigenvalue weighted by molar-refractivity contribution is 7.89. The fraction of sp³-hybridized carbons (Fsp3) is 0.381. The van der Waals surface area contributed by atoms with Crippen LogP contribution in [0.3, 0.4) is 0 Å². The first-order valence-corrected chi connectivity index (χ1v) is 11.4. The maximum absolute atomic E-state index is 12.8. The minimum absolute atomic E-state index is 0.0944. The number of benzene rings is 2. The molecule has 1 aliphatic heterocycles. The topological polar surface area (TPSA) is 69.7 Å². The summed E-state index contributed by atoms with van der Waals surface area (Å²) in [6.07, 6.45) is 0. The summed E-state index contributed by atoms with van der Waals surface area (Å²) in [5.74, 6) is -0.0944. The molecule has 1 amide bonds. The number of halogens is 1. The Hall–Kier alpha value is -1.93. The fourth-order valence-corrected chi connectivity index (χ4v) is 5.19. The van der Waals surface area contributed by atoms with Crippen LogP contribution in [0.2, 0.25) is 5.02 Å². The van der Waals surface area contributed by atoms with Gasteiger partial charge in [-0.25, -0.2) is 8.42 Å². The van der Waals surface area contributed by atoms with Gasteiger partial charge in [-0.3, -0.25) is 9.69 Å². The predicted octanol–water partition coefficient (Wildman–Crippen LogP) is 3.29. The van der Waals surface area contributed by atoms with Crippen LogP contribution in [0.25, 0.3) is 0 Å². The Morgan fingerprint density at radius 3 is 2.38 bits per heavy atom. The van der Waals surface area contributed by atoms with E-state index in [1.54, 1.807) is 18.2 Å². The number of hydrogen-bond acceptors (Lipinski definition) is 4. The highest BCUT2D eigenvalue weighted by atomic mass is 35.5. The quantitative estimate of drug-likeness (QED) is 0.782. The van der Waals surface area contributed by atoms with Gasteiger partial charge in [-0.2, -0.15) is 4.31 Å². The van der Waals surface area contributed by atoms with Crippen molar-refractivity contribution < 1.29 is 13.2 Å². The molecule has 1 N–H and O–H groups in total. The third kappa shape index (κ3) is 4.98. The standard InChI is InChI=1S/C21H26ClN3O3S/c1-15-7-8-20(16(2)13-15)23-21(26)17(3)24-9-11-25(12-10-24)29(27,28)19-6-4-5-18(22)14-19/h4-8,13-14,17H,9-12H2,1-3H3,(H,23,26). The van der Waals surface area contributed by atoms with Gasteiger partial charge in [0.2, 0.25) is 15.9 Å². The van der Waals surface area contributed by atoms with E-state index < -0.39 is 10.0 Å². The van der Waals surface area contributed by atoms with Crippen molar-refractivity contribution in [2.24, 2.45) is 0 Å². The Kier molecular flexibility index (Phi) is 6.63. The van der Waals surface area contributed by atoms with Crippen LogP contribution in [0.5, 0.6) is 0 Å². The van der Waals surface area contributed by atoms with E-state index in [0.717, 1.165) is 16.8 Å². The third-order valence-corrected chi connectivity index (χ3v) is 7.40. The number of carbonyl (C=O) groups is 1. The molecule has 0 bridgehead atoms. The van der Waals surface area contributed by atoms with Gasteiger partial charge in [-0.05, 0) is 50.6 Å². The Bertz CT molecular complexity index is 1000. The van der Waals surface area contributed by atoms with Crippen molar-refractivity contribution in [1.82, 2.24) is 9.21 Å². The van der Waals surface area contributed by atoms with Gasteiger partial charge in [0.05, 0.1) is 10.9 Å². The van der Waals surface area contributed by atoms with Crippen molar-refractivity contribution in [2.45, 2.75) is 31.7 Å². The number of nitrogens with one attached hydrogen (secondary N) is 1. The largest absolute Gasteiger partial charge is 0.324 e. The lowest BCUT2D eigenvalue weighted by atomic mass is 10.1. The number of anilines is 1. The van der Waals surface area contributed by atoms with Crippen molar-refractivity contribution in [3.8, 4) is 0 Å². The van der Waals surface area contributed by atoms with E-state index in [-0.39, 0.29) is 16.8 Å². The molecule has 156 valence electrons. The van der Waals surface area contributed by atoms with Crippen LogP contribution in [-0.4, -0.2) is 55.8 Å². The summed E-state index contributed by atoms with van der Waals surface area (Å²) in [5, 5.41) is 3.37. The SMILES string of the molecule is Cc1ccc(NC(=O)C(C)N2CCN(S(=O)(=O)c3cccc(Cl)c3)CC2)c(C)c1. The first-order valence-electron chi connectivity index (χ1n) is 9.56. The molecule has 29 heavy (non-hydrogen) atoms. The maximum Gasteiger partial charge on any atom is 0.243 e. The van der Waals surface area contributed by atoms with Gasteiger partial charge in [0, 0.05) is 36.9 Å². The van der Waals surface area contributed by atoms with Crippen molar-refractivity contribution in [3.63, 3.8) is 0 Å². The number of sulfonamides is 1. The van der Waals surface area contributed by atoms with Gasteiger partial charge in [0.25, 0.3) is 0 Å². The number of carbonyl (C=O) groups excluding carboxylic acids is 1. The zero-order valence-corrected chi connectivity index (χ0v) is 18.4. The molecule has 1 unspecified atom stereocenters. The molecular formula is C21H26ClN3O3S. The Morgan fingerprint density at radius 1 is 1.07 bits per heavy atom. The lowest BCUT2D eigenvalue weighted by molar-refractivity contribution is -0.121. The molecule has 2 aromatic rings. The van der Waals surface area contributed by atoms with Crippen molar-refractivity contribution in [2.75, 3.05) is 31.5 Å². The Morgan fingerprint density at radius 2 is 1.76 bits per heavy atom. The highest BCUT2D eigenvalue weighted by Crippen LogP contribution is 2.22. The molecule has 0 spiro atoms. The molecule has 3 rings (SSSR count). The van der Waals surface area contributed by atoms with E-state index in [0.29, 0.717) is 31.2 Å². The molecule has 0 saturated carbocycles. The second-order valence-electron chi connectivity index (χ2n) is 7.38. The van der Waals surface area contributed by atoms with E-state index in [1.807, 2.05) is 43.9 Å². The van der Waals surface area contributed by atoms with E-state index in [1.165, 1.54) is 10.4 Å². The van der Waals surface area contributed by atoms with E-state index in [4.69, 9.17) is 11.6 Å². The Balaban J connectivity index is 1.61. The second-order valence-corrected chi connectivity index (χ2v) is 9.76. The van der Waals surface area contributed by atoms with Crippen LogP contribution in [0, 0.1) is 13.8 Å². The lowest BCUT2D eigenvalue weighted by Gasteiger charge is -2.36. The normalized spacial score (nSPS) is 17.1. The van der Waals surface area contributed by atoms with Crippen LogP contribution in [0.1, 0.15) is 18.1 Å². The van der Waals surface area contributed by atoms with Crippen LogP contribution >= 0.6 is 11.6 Å². The molecule has 2 aromatic carbocycles. The van der Waals surface area contributed by atoms with Crippen molar-refractivity contribution >= 4 is 33.2 Å². The van der Waals surface area contributed by atoms with E-state index in [9.17, 15) is 13.2 Å². The number of aryl methyl sites for hydroxylation is 2. The predicted molar refractivity (Wildman–Crippen MR) is 116 cm³/mol. The van der Waals surface area contributed by atoms with Crippen LogP contribution in [0.15, 0.2) is 47.4 Å². The minimum Gasteiger partial charge on any atom is -0.324 e.